The van der Waals surface area contributed by atoms with Crippen LogP contribution in [0.15, 0.2) is 64.6 Å². The van der Waals surface area contributed by atoms with E-state index in [1.807, 2.05) is 6.07 Å². The molecule has 1 unspecified atom stereocenters. The smallest absolute Gasteiger partial charge is 0.293 e. The molecule has 11 heteroatoms. The minimum Gasteiger partial charge on any atom is -0.368 e. The molecule has 34 heavy (non-hydrogen) atoms. The van der Waals surface area contributed by atoms with Crippen LogP contribution in [0.4, 0.5) is 14.9 Å². The molecule has 2 aliphatic heterocycles. The lowest BCUT2D eigenvalue weighted by Gasteiger charge is -2.20. The van der Waals surface area contributed by atoms with Crippen molar-refractivity contribution in [2.75, 3.05) is 18.1 Å². The predicted molar refractivity (Wildman–Crippen MR) is 126 cm³/mol. The Balaban J connectivity index is 1.37. The van der Waals surface area contributed by atoms with Gasteiger partial charge in [-0.25, -0.2) is 4.39 Å². The van der Waals surface area contributed by atoms with Gasteiger partial charge in [0.2, 0.25) is 5.91 Å². The van der Waals surface area contributed by atoms with Gasteiger partial charge in [-0.15, -0.1) is 0 Å². The SMILES string of the molecule is NC(=O)C1CC(C(=O)NCCN2C(=O)S/C(=C\c3ccccc3F)C2=O)=NN1c1ccccc1. The maximum absolute atomic E-state index is 13.9. The second kappa shape index (κ2) is 9.87. The van der Waals surface area contributed by atoms with E-state index < -0.39 is 34.8 Å². The van der Waals surface area contributed by atoms with E-state index in [0.717, 1.165) is 4.90 Å². The molecule has 0 saturated carbocycles. The Morgan fingerprint density at radius 2 is 1.85 bits per heavy atom. The van der Waals surface area contributed by atoms with Crippen molar-refractivity contribution < 1.29 is 23.6 Å². The van der Waals surface area contributed by atoms with Gasteiger partial charge < -0.3 is 11.1 Å². The molecular formula is C23H20FN5O4S. The van der Waals surface area contributed by atoms with Gasteiger partial charge in [0.15, 0.2) is 0 Å². The van der Waals surface area contributed by atoms with Gasteiger partial charge >= 0.3 is 0 Å². The van der Waals surface area contributed by atoms with Crippen molar-refractivity contribution >= 4 is 52.2 Å². The van der Waals surface area contributed by atoms with Crippen LogP contribution < -0.4 is 16.1 Å². The first kappa shape index (κ1) is 23.2. The number of primary amides is 1. The minimum atomic E-state index is -0.799. The number of carbonyl (C=O) groups is 4. The summed E-state index contributed by atoms with van der Waals surface area (Å²) in [5.74, 6) is -2.21. The Hall–Kier alpha value is -3.99. The summed E-state index contributed by atoms with van der Waals surface area (Å²) in [5.41, 5.74) is 6.41. The summed E-state index contributed by atoms with van der Waals surface area (Å²) >= 11 is 0.708. The molecule has 0 spiro atoms. The van der Waals surface area contributed by atoms with Crippen molar-refractivity contribution in [2.24, 2.45) is 10.8 Å². The van der Waals surface area contributed by atoms with Crippen LogP contribution >= 0.6 is 11.8 Å². The number of rotatable bonds is 7. The first-order chi connectivity index (χ1) is 16.3. The Labute approximate surface area is 198 Å². The molecule has 4 amide bonds. The summed E-state index contributed by atoms with van der Waals surface area (Å²) in [6, 6.07) is 14.0. The zero-order chi connectivity index (χ0) is 24.2. The van der Waals surface area contributed by atoms with Crippen LogP contribution in [-0.2, 0) is 14.4 Å². The van der Waals surface area contributed by atoms with Gasteiger partial charge in [0.1, 0.15) is 17.6 Å². The van der Waals surface area contributed by atoms with Crippen LogP contribution in [0.1, 0.15) is 12.0 Å². The monoisotopic (exact) mass is 481 g/mol. The number of nitrogens with two attached hydrogens (primary N) is 1. The summed E-state index contributed by atoms with van der Waals surface area (Å²) in [7, 11) is 0. The molecule has 4 rings (SSSR count). The molecule has 1 atom stereocenters. The second-order valence-electron chi connectivity index (χ2n) is 7.46. The number of hydrazone groups is 1. The largest absolute Gasteiger partial charge is 0.368 e. The van der Waals surface area contributed by atoms with Gasteiger partial charge in [-0.05, 0) is 36.0 Å². The van der Waals surface area contributed by atoms with E-state index in [1.54, 1.807) is 30.3 Å². The van der Waals surface area contributed by atoms with Gasteiger partial charge in [-0.1, -0.05) is 36.4 Å². The summed E-state index contributed by atoms with van der Waals surface area (Å²) in [6.07, 6.45) is 1.36. The lowest BCUT2D eigenvalue weighted by molar-refractivity contribution is -0.123. The molecule has 9 nitrogen and oxygen atoms in total. The number of thioether (sulfide) groups is 1. The zero-order valence-electron chi connectivity index (χ0n) is 17.8. The maximum Gasteiger partial charge on any atom is 0.293 e. The summed E-state index contributed by atoms with van der Waals surface area (Å²) < 4.78 is 13.9. The van der Waals surface area contributed by atoms with E-state index in [0.29, 0.717) is 17.4 Å². The van der Waals surface area contributed by atoms with Gasteiger partial charge in [0.25, 0.3) is 17.1 Å². The zero-order valence-corrected chi connectivity index (χ0v) is 18.6. The Kier molecular flexibility index (Phi) is 6.73. The van der Waals surface area contributed by atoms with Crippen LogP contribution in [0.3, 0.4) is 0 Å². The molecular weight excluding hydrogens is 461 g/mol. The standard InChI is InChI=1S/C23H20FN5O4S/c24-16-9-5-4-6-14(16)12-19-22(32)28(23(33)34-19)11-10-26-21(31)17-13-18(20(25)30)29(27-17)15-7-2-1-3-8-15/h1-9,12,18H,10-11,13H2,(H2,25,30)(H,26,31)/b19-12-. The Morgan fingerprint density at radius 1 is 1.15 bits per heavy atom. The van der Waals surface area contributed by atoms with Gasteiger partial charge in [-0.2, -0.15) is 5.10 Å². The number of para-hydroxylation sites is 1. The Bertz CT molecular complexity index is 1220. The van der Waals surface area contributed by atoms with E-state index in [9.17, 15) is 23.6 Å². The van der Waals surface area contributed by atoms with E-state index in [-0.39, 0.29) is 35.7 Å². The normalized spacial score (nSPS) is 19.0. The van der Waals surface area contributed by atoms with E-state index in [1.165, 1.54) is 29.3 Å². The molecule has 1 fully saturated rings. The van der Waals surface area contributed by atoms with Gasteiger partial charge in [0.05, 0.1) is 10.6 Å². The van der Waals surface area contributed by atoms with Crippen molar-refractivity contribution in [3.8, 4) is 0 Å². The highest BCUT2D eigenvalue weighted by Gasteiger charge is 2.36. The van der Waals surface area contributed by atoms with E-state index >= 15 is 0 Å². The highest BCUT2D eigenvalue weighted by atomic mass is 32.2. The fourth-order valence-electron chi connectivity index (χ4n) is 3.50. The number of nitrogens with one attached hydrogen (secondary N) is 1. The number of nitrogens with zero attached hydrogens (tertiary/aromatic N) is 3. The van der Waals surface area contributed by atoms with Crippen LogP contribution in [0.5, 0.6) is 0 Å². The first-order valence-electron chi connectivity index (χ1n) is 10.3. The van der Waals surface area contributed by atoms with Crippen LogP contribution in [0.2, 0.25) is 0 Å². The molecule has 0 aromatic heterocycles. The fourth-order valence-corrected chi connectivity index (χ4v) is 4.35. The summed E-state index contributed by atoms with van der Waals surface area (Å²) in [4.78, 5) is 50.4. The number of halogens is 1. The molecule has 0 bridgehead atoms. The average molecular weight is 482 g/mol. The van der Waals surface area contributed by atoms with Crippen molar-refractivity contribution in [3.05, 3.63) is 70.9 Å². The molecule has 2 aliphatic rings. The average Bonchev–Trinajstić information content (AvgIpc) is 3.39. The van der Waals surface area contributed by atoms with Gasteiger partial charge in [-0.3, -0.25) is 29.1 Å². The highest BCUT2D eigenvalue weighted by Crippen LogP contribution is 2.32. The van der Waals surface area contributed by atoms with Crippen LogP contribution in [0, 0.1) is 5.82 Å². The minimum absolute atomic E-state index is 0.0184. The van der Waals surface area contributed by atoms with Crippen molar-refractivity contribution in [1.82, 2.24) is 10.2 Å². The van der Waals surface area contributed by atoms with Crippen molar-refractivity contribution in [1.29, 1.82) is 0 Å². The molecule has 2 heterocycles. The molecule has 2 aromatic carbocycles. The molecule has 3 N–H and O–H groups in total. The predicted octanol–water partition coefficient (Wildman–Crippen LogP) is 2.10. The van der Waals surface area contributed by atoms with Crippen LogP contribution in [-0.4, -0.2) is 52.7 Å². The van der Waals surface area contributed by atoms with E-state index in [2.05, 4.69) is 10.4 Å². The quantitative estimate of drug-likeness (QED) is 0.584. The Morgan fingerprint density at radius 3 is 2.56 bits per heavy atom. The van der Waals surface area contributed by atoms with Crippen molar-refractivity contribution in [3.63, 3.8) is 0 Å². The first-order valence-corrected chi connectivity index (χ1v) is 11.2. The third-order valence-electron chi connectivity index (χ3n) is 5.21. The molecule has 0 aliphatic carbocycles. The number of hydrogen-bond donors (Lipinski definition) is 2. The number of anilines is 1. The van der Waals surface area contributed by atoms with E-state index in [4.69, 9.17) is 5.73 Å². The number of carbonyl (C=O) groups excluding carboxylic acids is 4. The number of imide groups is 1. The molecule has 0 radical (unpaired) electrons. The third kappa shape index (κ3) is 4.84. The summed E-state index contributed by atoms with van der Waals surface area (Å²) in [6.45, 7) is -0.0879. The number of hydrogen-bond acceptors (Lipinski definition) is 7. The van der Waals surface area contributed by atoms with Crippen LogP contribution in [0.25, 0.3) is 6.08 Å². The molecule has 2 aromatic rings. The third-order valence-corrected chi connectivity index (χ3v) is 6.12. The summed E-state index contributed by atoms with van der Waals surface area (Å²) in [5, 5.41) is 7.76. The lowest BCUT2D eigenvalue weighted by Crippen LogP contribution is -2.41. The molecule has 1 saturated heterocycles. The maximum atomic E-state index is 13.9. The lowest BCUT2D eigenvalue weighted by atomic mass is 10.1. The highest BCUT2D eigenvalue weighted by molar-refractivity contribution is 8.18. The fraction of sp³-hybridized carbons (Fsp3) is 0.174. The topological polar surface area (TPSA) is 125 Å². The number of benzene rings is 2. The number of amides is 4. The van der Waals surface area contributed by atoms with Crippen molar-refractivity contribution in [2.45, 2.75) is 12.5 Å². The molecule has 174 valence electrons. The van der Waals surface area contributed by atoms with Gasteiger partial charge in [0, 0.05) is 25.1 Å². The second-order valence-corrected chi connectivity index (χ2v) is 8.45.